The number of fused-ring (bicyclic) bond motifs is 1. The minimum atomic E-state index is -0.333. The van der Waals surface area contributed by atoms with Gasteiger partial charge in [-0.1, -0.05) is 30.3 Å². The highest BCUT2D eigenvalue weighted by Crippen LogP contribution is 2.40. The van der Waals surface area contributed by atoms with E-state index in [1.54, 1.807) is 18.7 Å². The molecule has 0 atom stereocenters. The molecule has 4 heteroatoms. The maximum absolute atomic E-state index is 12.1. The molecule has 3 rings (SSSR count). The second-order valence-electron chi connectivity index (χ2n) is 6.15. The lowest BCUT2D eigenvalue weighted by Gasteiger charge is -2.41. The van der Waals surface area contributed by atoms with E-state index in [1.165, 1.54) is 5.57 Å². The molecule has 0 N–H and O–H groups in total. The zero-order valence-electron chi connectivity index (χ0n) is 13.6. The summed E-state index contributed by atoms with van der Waals surface area (Å²) in [6.45, 7) is 5.78. The average Bonchev–Trinajstić information content (AvgIpc) is 2.52. The van der Waals surface area contributed by atoms with Gasteiger partial charge in [0.1, 0.15) is 0 Å². The number of amides is 1. The summed E-state index contributed by atoms with van der Waals surface area (Å²) in [6, 6.07) is 14.1. The number of pyridine rings is 1. The van der Waals surface area contributed by atoms with Crippen molar-refractivity contribution in [3.63, 3.8) is 0 Å². The van der Waals surface area contributed by atoms with E-state index in [1.807, 2.05) is 47.5 Å². The fraction of sp³-hybridized carbons (Fsp3) is 0.263. The van der Waals surface area contributed by atoms with Gasteiger partial charge >= 0.3 is 0 Å². The molecule has 0 aliphatic carbocycles. The van der Waals surface area contributed by atoms with Crippen molar-refractivity contribution in [1.82, 2.24) is 4.98 Å². The van der Waals surface area contributed by atoms with Crippen LogP contribution in [0.3, 0.4) is 0 Å². The van der Waals surface area contributed by atoms with Crippen LogP contribution in [-0.2, 0) is 4.79 Å². The van der Waals surface area contributed by atoms with Crippen molar-refractivity contribution in [3.8, 4) is 0 Å². The number of nitrogens with zero attached hydrogens (tertiary/aromatic N) is 2. The van der Waals surface area contributed by atoms with Crippen LogP contribution in [-0.4, -0.2) is 22.2 Å². The van der Waals surface area contributed by atoms with Gasteiger partial charge in [-0.3, -0.25) is 4.79 Å². The smallest absolute Gasteiger partial charge is 0.224 e. The minimum absolute atomic E-state index is 0.0649. The van der Waals surface area contributed by atoms with E-state index in [2.05, 4.69) is 31.0 Å². The number of para-hydroxylation sites is 1. The van der Waals surface area contributed by atoms with Gasteiger partial charge in [-0.2, -0.15) is 0 Å². The van der Waals surface area contributed by atoms with E-state index >= 15 is 0 Å². The van der Waals surface area contributed by atoms with Gasteiger partial charge < -0.3 is 4.90 Å². The molecule has 2 heterocycles. The largest absolute Gasteiger partial charge is 0.303 e. The van der Waals surface area contributed by atoms with Crippen LogP contribution in [0.1, 0.15) is 26.3 Å². The summed E-state index contributed by atoms with van der Waals surface area (Å²) in [5, 5.41) is 1.01. The Kier molecular flexibility index (Phi) is 4.26. The van der Waals surface area contributed by atoms with Crippen molar-refractivity contribution in [1.29, 1.82) is 0 Å². The van der Waals surface area contributed by atoms with Crippen molar-refractivity contribution < 1.29 is 4.79 Å². The van der Waals surface area contributed by atoms with Crippen LogP contribution < -0.4 is 4.90 Å². The molecule has 3 nitrogen and oxygen atoms in total. The van der Waals surface area contributed by atoms with Gasteiger partial charge in [0.25, 0.3) is 0 Å². The van der Waals surface area contributed by atoms with Gasteiger partial charge in [0.2, 0.25) is 5.91 Å². The van der Waals surface area contributed by atoms with E-state index in [4.69, 9.17) is 0 Å². The fourth-order valence-corrected chi connectivity index (χ4v) is 3.95. The summed E-state index contributed by atoms with van der Waals surface area (Å²) in [5.74, 6) is 0.901. The Hall–Kier alpha value is -2.07. The number of benzene rings is 1. The second kappa shape index (κ2) is 6.20. The van der Waals surface area contributed by atoms with Crippen LogP contribution in [0.4, 0.5) is 5.69 Å². The molecular formula is C19H20N2OS. The molecule has 0 bridgehead atoms. The van der Waals surface area contributed by atoms with Gasteiger partial charge in [-0.05, 0) is 37.6 Å². The molecule has 0 spiro atoms. The van der Waals surface area contributed by atoms with Crippen molar-refractivity contribution in [2.24, 2.45) is 0 Å². The lowest BCUT2D eigenvalue weighted by atomic mass is 9.89. The van der Waals surface area contributed by atoms with Gasteiger partial charge in [0, 0.05) is 24.4 Å². The summed E-state index contributed by atoms with van der Waals surface area (Å²) in [6.07, 6.45) is 4.01. The number of hydrogen-bond donors (Lipinski definition) is 0. The van der Waals surface area contributed by atoms with Crippen LogP contribution in [0.2, 0.25) is 0 Å². The van der Waals surface area contributed by atoms with E-state index < -0.39 is 0 Å². The number of thioether (sulfide) groups is 1. The second-order valence-corrected chi connectivity index (χ2v) is 7.15. The highest BCUT2D eigenvalue weighted by molar-refractivity contribution is 7.99. The molecule has 23 heavy (non-hydrogen) atoms. The normalized spacial score (nSPS) is 15.8. The molecule has 1 aliphatic heterocycles. The van der Waals surface area contributed by atoms with E-state index in [0.717, 1.165) is 22.0 Å². The molecular weight excluding hydrogens is 304 g/mol. The summed E-state index contributed by atoms with van der Waals surface area (Å²) in [7, 11) is 0. The molecule has 2 aromatic rings. The highest BCUT2D eigenvalue weighted by Gasteiger charge is 2.34. The summed E-state index contributed by atoms with van der Waals surface area (Å²) < 4.78 is 0. The van der Waals surface area contributed by atoms with Crippen LogP contribution in [0.15, 0.2) is 59.8 Å². The van der Waals surface area contributed by atoms with Crippen molar-refractivity contribution in [2.75, 3.05) is 10.7 Å². The van der Waals surface area contributed by atoms with E-state index in [0.29, 0.717) is 0 Å². The molecule has 0 fully saturated rings. The first-order chi connectivity index (χ1) is 11.0. The number of carbonyl (C=O) groups is 1. The van der Waals surface area contributed by atoms with Crippen LogP contribution in [0, 0.1) is 0 Å². The summed E-state index contributed by atoms with van der Waals surface area (Å²) >= 11 is 1.72. The SMILES string of the molecule is CC(=O)N1c2ccccc2C(CSc2ccccn2)=CC1(C)C. The summed E-state index contributed by atoms with van der Waals surface area (Å²) in [5.41, 5.74) is 3.04. The molecule has 1 aromatic heterocycles. The number of rotatable bonds is 3. The van der Waals surface area contributed by atoms with Gasteiger partial charge in [0.05, 0.1) is 16.3 Å². The molecule has 1 aromatic carbocycles. The maximum atomic E-state index is 12.1. The Morgan fingerprint density at radius 2 is 1.91 bits per heavy atom. The van der Waals surface area contributed by atoms with Gasteiger partial charge in [-0.25, -0.2) is 4.98 Å². The van der Waals surface area contributed by atoms with Crippen molar-refractivity contribution in [2.45, 2.75) is 31.3 Å². The fourth-order valence-electron chi connectivity index (χ4n) is 3.10. The first-order valence-corrected chi connectivity index (χ1v) is 8.63. The van der Waals surface area contributed by atoms with Crippen molar-refractivity contribution >= 4 is 28.9 Å². The quantitative estimate of drug-likeness (QED) is 0.785. The minimum Gasteiger partial charge on any atom is -0.303 e. The zero-order valence-corrected chi connectivity index (χ0v) is 14.4. The summed E-state index contributed by atoms with van der Waals surface area (Å²) in [4.78, 5) is 18.4. The van der Waals surface area contributed by atoms with Crippen LogP contribution in [0.5, 0.6) is 0 Å². The zero-order chi connectivity index (χ0) is 16.4. The first-order valence-electron chi connectivity index (χ1n) is 7.65. The van der Waals surface area contributed by atoms with E-state index in [-0.39, 0.29) is 11.4 Å². The Morgan fingerprint density at radius 1 is 1.17 bits per heavy atom. The molecule has 0 radical (unpaired) electrons. The van der Waals surface area contributed by atoms with Gasteiger partial charge in [0.15, 0.2) is 0 Å². The Morgan fingerprint density at radius 3 is 2.61 bits per heavy atom. The van der Waals surface area contributed by atoms with E-state index in [9.17, 15) is 4.79 Å². The maximum Gasteiger partial charge on any atom is 0.224 e. The average molecular weight is 324 g/mol. The predicted molar refractivity (Wildman–Crippen MR) is 96.6 cm³/mol. The molecule has 1 aliphatic rings. The Bertz CT molecular complexity index is 753. The molecule has 0 unspecified atom stereocenters. The molecule has 118 valence electrons. The number of aromatic nitrogens is 1. The number of hydrogen-bond acceptors (Lipinski definition) is 3. The highest BCUT2D eigenvalue weighted by atomic mass is 32.2. The molecule has 0 saturated heterocycles. The third kappa shape index (κ3) is 3.17. The standard InChI is InChI=1S/C19H20N2OS/c1-14(22)21-17-9-5-4-8-16(17)15(12-19(21,2)3)13-23-18-10-6-7-11-20-18/h4-12H,13H2,1-3H3. The van der Waals surface area contributed by atoms with Crippen LogP contribution in [0.25, 0.3) is 5.57 Å². The third-order valence-corrected chi connectivity index (χ3v) is 4.92. The topological polar surface area (TPSA) is 33.2 Å². The van der Waals surface area contributed by atoms with Gasteiger partial charge in [-0.15, -0.1) is 11.8 Å². The van der Waals surface area contributed by atoms with Crippen molar-refractivity contribution in [3.05, 3.63) is 60.3 Å². The van der Waals surface area contributed by atoms with Crippen LogP contribution >= 0.6 is 11.8 Å². The Balaban J connectivity index is 1.95. The molecule has 0 saturated carbocycles. The monoisotopic (exact) mass is 324 g/mol. The predicted octanol–water partition coefficient (Wildman–Crippen LogP) is 4.40. The molecule has 1 amide bonds. The Labute approximate surface area is 141 Å². The number of carbonyl (C=O) groups excluding carboxylic acids is 1. The first kappa shape index (κ1) is 15.8. The lowest BCUT2D eigenvalue weighted by molar-refractivity contribution is -0.117. The number of anilines is 1. The third-order valence-electron chi connectivity index (χ3n) is 3.92. The lowest BCUT2D eigenvalue weighted by Crippen LogP contribution is -2.48.